The van der Waals surface area contributed by atoms with E-state index in [0.717, 1.165) is 0 Å². The van der Waals surface area contributed by atoms with E-state index in [0.29, 0.717) is 6.21 Å². The summed E-state index contributed by atoms with van der Waals surface area (Å²) >= 11 is 0. The highest BCUT2D eigenvalue weighted by Gasteiger charge is 2.60. The summed E-state index contributed by atoms with van der Waals surface area (Å²) in [6, 6.07) is 0. The van der Waals surface area contributed by atoms with Gasteiger partial charge in [-0.2, -0.15) is 0 Å². The van der Waals surface area contributed by atoms with Gasteiger partial charge < -0.3 is 19.6 Å². The molecule has 0 bridgehead atoms. The summed E-state index contributed by atoms with van der Waals surface area (Å²) in [4.78, 5) is 22.8. The molecule has 0 saturated carbocycles. The second-order valence-corrected chi connectivity index (χ2v) is 2.79. The van der Waals surface area contributed by atoms with E-state index in [4.69, 9.17) is 19.6 Å². The molecule has 0 aromatic rings. The summed E-state index contributed by atoms with van der Waals surface area (Å²) in [5, 5.41) is 6.76. The van der Waals surface area contributed by atoms with E-state index < -0.39 is 23.5 Å². The summed E-state index contributed by atoms with van der Waals surface area (Å²) < 4.78 is 14.2. The highest BCUT2D eigenvalue weighted by molar-refractivity contribution is 6.38. The van der Waals surface area contributed by atoms with Gasteiger partial charge in [0.2, 0.25) is 23.5 Å². The number of epoxide rings is 1. The van der Waals surface area contributed by atoms with Crippen LogP contribution < -0.4 is 0 Å². The Morgan fingerprint density at radius 1 is 1.50 bits per heavy atom. The minimum Gasteiger partial charge on any atom is -0.353 e. The van der Waals surface area contributed by atoms with Gasteiger partial charge >= 0.3 is 0 Å². The van der Waals surface area contributed by atoms with Crippen molar-refractivity contribution in [3.63, 3.8) is 0 Å². The summed E-state index contributed by atoms with van der Waals surface area (Å²) in [6.07, 6.45) is -0.561. The molecule has 1 aliphatic heterocycles. The van der Waals surface area contributed by atoms with Crippen molar-refractivity contribution < 1.29 is 23.8 Å². The fourth-order valence-corrected chi connectivity index (χ4v) is 1.10. The summed E-state index contributed by atoms with van der Waals surface area (Å²) in [6.45, 7) is -0.0106. The van der Waals surface area contributed by atoms with Gasteiger partial charge in [-0.1, -0.05) is 0 Å². The Morgan fingerprint density at radius 3 is 2.29 bits per heavy atom. The van der Waals surface area contributed by atoms with Crippen LogP contribution in [0.2, 0.25) is 0 Å². The van der Waals surface area contributed by atoms with E-state index in [9.17, 15) is 9.59 Å². The highest BCUT2D eigenvalue weighted by atomic mass is 16.7. The number of nitrogens with one attached hydrogen (secondary N) is 1. The Morgan fingerprint density at radius 2 is 2.00 bits per heavy atom. The second-order valence-electron chi connectivity index (χ2n) is 2.79. The van der Waals surface area contributed by atoms with Crippen LogP contribution in [0.25, 0.3) is 0 Å². The SMILES string of the molecule is COC(OC)C(=O)C1(C(=O)C=N)CO1. The molecule has 1 heterocycles. The average molecular weight is 201 g/mol. The molecule has 6 heteroatoms. The van der Waals surface area contributed by atoms with Gasteiger partial charge in [0.05, 0.1) is 12.8 Å². The fourth-order valence-electron chi connectivity index (χ4n) is 1.10. The molecule has 1 rings (SSSR count). The molecule has 1 saturated heterocycles. The zero-order valence-corrected chi connectivity index (χ0v) is 7.90. The smallest absolute Gasteiger partial charge is 0.230 e. The quantitative estimate of drug-likeness (QED) is 0.262. The molecule has 0 spiro atoms. The molecule has 0 aromatic heterocycles. The number of carbonyl (C=O) groups excluding carboxylic acids is 2. The van der Waals surface area contributed by atoms with Gasteiger partial charge in [0.15, 0.2) is 0 Å². The van der Waals surface area contributed by atoms with Crippen LogP contribution in [0.5, 0.6) is 0 Å². The molecule has 0 aliphatic carbocycles. The monoisotopic (exact) mass is 201 g/mol. The third kappa shape index (κ3) is 1.59. The van der Waals surface area contributed by atoms with Gasteiger partial charge in [0, 0.05) is 14.2 Å². The lowest BCUT2D eigenvalue weighted by Gasteiger charge is -2.14. The molecule has 0 aromatic carbocycles. The van der Waals surface area contributed by atoms with E-state index in [1.165, 1.54) is 14.2 Å². The van der Waals surface area contributed by atoms with Crippen molar-refractivity contribution >= 4 is 17.8 Å². The Balaban J connectivity index is 2.78. The van der Waals surface area contributed by atoms with Gasteiger partial charge in [-0.25, -0.2) is 0 Å². The Bertz CT molecular complexity index is 267. The number of ether oxygens (including phenoxy) is 3. The number of methoxy groups -OCH3 is 2. The summed E-state index contributed by atoms with van der Waals surface area (Å²) in [5.74, 6) is -1.28. The maximum atomic E-state index is 11.6. The number of Topliss-reactive ketones (excluding diaryl/α,β-unsaturated/α-hetero) is 2. The van der Waals surface area contributed by atoms with Crippen molar-refractivity contribution in [2.24, 2.45) is 0 Å². The lowest BCUT2D eigenvalue weighted by atomic mass is 10.00. The van der Waals surface area contributed by atoms with E-state index in [1.54, 1.807) is 0 Å². The van der Waals surface area contributed by atoms with E-state index >= 15 is 0 Å². The molecule has 6 nitrogen and oxygen atoms in total. The minimum absolute atomic E-state index is 0.0106. The number of rotatable bonds is 6. The second kappa shape index (κ2) is 3.95. The molecular formula is C8H11NO5. The fraction of sp³-hybridized carbons (Fsp3) is 0.625. The van der Waals surface area contributed by atoms with Crippen LogP contribution in [-0.2, 0) is 23.8 Å². The predicted molar refractivity (Wildman–Crippen MR) is 45.3 cm³/mol. The Kier molecular flexibility index (Phi) is 3.10. The van der Waals surface area contributed by atoms with Crippen LogP contribution in [0.3, 0.4) is 0 Å². The molecular weight excluding hydrogens is 190 g/mol. The lowest BCUT2D eigenvalue weighted by Crippen LogP contribution is -2.43. The van der Waals surface area contributed by atoms with Gasteiger partial charge in [-0.05, 0) is 0 Å². The third-order valence-electron chi connectivity index (χ3n) is 2.00. The van der Waals surface area contributed by atoms with E-state index in [1.807, 2.05) is 0 Å². The van der Waals surface area contributed by atoms with Crippen LogP contribution >= 0.6 is 0 Å². The molecule has 0 amide bonds. The Hall–Kier alpha value is -1.11. The molecule has 78 valence electrons. The zero-order chi connectivity index (χ0) is 10.8. The van der Waals surface area contributed by atoms with Crippen molar-refractivity contribution in [1.29, 1.82) is 5.41 Å². The van der Waals surface area contributed by atoms with E-state index in [2.05, 4.69) is 0 Å². The molecule has 1 aliphatic rings. The topological polar surface area (TPSA) is 89.0 Å². The van der Waals surface area contributed by atoms with Gasteiger partial charge in [-0.3, -0.25) is 9.59 Å². The highest BCUT2D eigenvalue weighted by Crippen LogP contribution is 2.30. The number of carbonyl (C=O) groups is 2. The van der Waals surface area contributed by atoms with Crippen LogP contribution in [0.4, 0.5) is 0 Å². The van der Waals surface area contributed by atoms with Crippen molar-refractivity contribution in [2.45, 2.75) is 11.9 Å². The predicted octanol–water partition coefficient (Wildman–Crippen LogP) is -0.838. The first-order chi connectivity index (χ1) is 6.62. The molecule has 0 radical (unpaired) electrons. The van der Waals surface area contributed by atoms with Crippen molar-refractivity contribution in [3.05, 3.63) is 0 Å². The first-order valence-electron chi connectivity index (χ1n) is 3.91. The van der Waals surface area contributed by atoms with Crippen LogP contribution in [0.1, 0.15) is 0 Å². The number of hydrogen-bond donors (Lipinski definition) is 1. The van der Waals surface area contributed by atoms with Crippen LogP contribution in [-0.4, -0.2) is 50.5 Å². The number of hydrogen-bond acceptors (Lipinski definition) is 6. The van der Waals surface area contributed by atoms with Crippen LogP contribution in [0.15, 0.2) is 0 Å². The molecule has 14 heavy (non-hydrogen) atoms. The molecule has 1 N–H and O–H groups in total. The van der Waals surface area contributed by atoms with E-state index in [-0.39, 0.29) is 6.61 Å². The van der Waals surface area contributed by atoms with Crippen molar-refractivity contribution in [3.8, 4) is 0 Å². The maximum absolute atomic E-state index is 11.6. The van der Waals surface area contributed by atoms with Crippen molar-refractivity contribution in [1.82, 2.24) is 0 Å². The number of ketones is 2. The molecule has 1 atom stereocenters. The normalized spacial score (nSPS) is 24.8. The standard InChI is InChI=1S/C8H11NO5/c1-12-7(13-2)6(11)8(4-14-8)5(10)3-9/h3,7,9H,4H2,1-2H3. The van der Waals surface area contributed by atoms with Crippen molar-refractivity contribution in [2.75, 3.05) is 20.8 Å². The first kappa shape index (κ1) is 11.0. The average Bonchev–Trinajstić information content (AvgIpc) is 2.99. The van der Waals surface area contributed by atoms with Gasteiger partial charge in [0.25, 0.3) is 0 Å². The minimum atomic E-state index is -1.53. The molecule has 1 unspecified atom stereocenters. The lowest BCUT2D eigenvalue weighted by molar-refractivity contribution is -0.163. The largest absolute Gasteiger partial charge is 0.353 e. The third-order valence-corrected chi connectivity index (χ3v) is 2.00. The van der Waals surface area contributed by atoms with Crippen LogP contribution in [0, 0.1) is 5.41 Å². The van der Waals surface area contributed by atoms with Gasteiger partial charge in [0.1, 0.15) is 0 Å². The molecule has 1 fully saturated rings. The first-order valence-corrected chi connectivity index (χ1v) is 3.91. The summed E-state index contributed by atoms with van der Waals surface area (Å²) in [5.41, 5.74) is -1.53. The van der Waals surface area contributed by atoms with Gasteiger partial charge in [-0.15, -0.1) is 0 Å². The summed E-state index contributed by atoms with van der Waals surface area (Å²) in [7, 11) is 2.58. The zero-order valence-electron chi connectivity index (χ0n) is 7.90. The Labute approximate surface area is 80.6 Å². The maximum Gasteiger partial charge on any atom is 0.230 e.